The second kappa shape index (κ2) is 7.96. The van der Waals surface area contributed by atoms with E-state index in [9.17, 15) is 9.59 Å². The number of hydrogen-bond acceptors (Lipinski definition) is 4. The summed E-state index contributed by atoms with van der Waals surface area (Å²) in [6.45, 7) is 3.73. The summed E-state index contributed by atoms with van der Waals surface area (Å²) in [4.78, 5) is 26.5. The lowest BCUT2D eigenvalue weighted by molar-refractivity contribution is 0.0762. The molecule has 1 aromatic heterocycles. The number of carbonyl (C=O) groups is 2. The van der Waals surface area contributed by atoms with E-state index in [2.05, 4.69) is 5.32 Å². The fraction of sp³-hybridized carbons (Fsp3) is 0.429. The van der Waals surface area contributed by atoms with Crippen molar-refractivity contribution in [3.05, 3.63) is 47.7 Å². The largest absolute Gasteiger partial charge is 0.451 e. The Labute approximate surface area is 158 Å². The van der Waals surface area contributed by atoms with Gasteiger partial charge >= 0.3 is 0 Å². The summed E-state index contributed by atoms with van der Waals surface area (Å²) in [7, 11) is 0. The van der Waals surface area contributed by atoms with E-state index in [-0.39, 0.29) is 11.8 Å². The molecular weight excluding hydrogens is 344 g/mol. The van der Waals surface area contributed by atoms with Crippen molar-refractivity contribution in [2.75, 3.05) is 32.8 Å². The smallest absolute Gasteiger partial charge is 0.289 e. The molecule has 6 heteroatoms. The van der Waals surface area contributed by atoms with Crippen LogP contribution in [0.3, 0.4) is 0 Å². The lowest BCUT2D eigenvalue weighted by Crippen LogP contribution is -2.29. The molecular formula is C21H24N2O4. The Bertz CT molecular complexity index is 800. The van der Waals surface area contributed by atoms with E-state index in [4.69, 9.17) is 9.15 Å². The molecule has 2 fully saturated rings. The molecule has 0 unspecified atom stereocenters. The van der Waals surface area contributed by atoms with Crippen LogP contribution in [0.15, 0.2) is 40.8 Å². The van der Waals surface area contributed by atoms with Crippen molar-refractivity contribution in [3.8, 4) is 11.3 Å². The lowest BCUT2D eigenvalue weighted by atomic mass is 10.1. The first-order chi connectivity index (χ1) is 13.2. The molecule has 2 aromatic rings. The highest BCUT2D eigenvalue weighted by Crippen LogP contribution is 2.24. The Morgan fingerprint density at radius 1 is 1.07 bits per heavy atom. The summed E-state index contributed by atoms with van der Waals surface area (Å²) >= 11 is 0. The molecule has 27 heavy (non-hydrogen) atoms. The Morgan fingerprint density at radius 2 is 1.85 bits per heavy atom. The molecule has 2 amide bonds. The number of amides is 2. The van der Waals surface area contributed by atoms with E-state index in [1.54, 1.807) is 24.3 Å². The standard InChI is InChI=1S/C21H24N2O4/c24-20(22-13-15-9-12-26-14-15)17-5-3-16(4-6-17)18-7-8-19(27-18)21(25)23-10-1-2-11-23/h3-8,15H,1-2,9-14H2,(H,22,24)/t15-/m1/s1. The third-order valence-corrected chi connectivity index (χ3v) is 5.22. The maximum atomic E-state index is 12.4. The molecule has 3 heterocycles. The molecule has 142 valence electrons. The number of ether oxygens (including phenoxy) is 1. The fourth-order valence-electron chi connectivity index (χ4n) is 3.55. The van der Waals surface area contributed by atoms with Crippen molar-refractivity contribution in [1.82, 2.24) is 10.2 Å². The zero-order valence-corrected chi connectivity index (χ0v) is 15.3. The molecule has 1 N–H and O–H groups in total. The van der Waals surface area contributed by atoms with Crippen LogP contribution >= 0.6 is 0 Å². The van der Waals surface area contributed by atoms with Gasteiger partial charge in [-0.15, -0.1) is 0 Å². The molecule has 2 saturated heterocycles. The topological polar surface area (TPSA) is 71.8 Å². The summed E-state index contributed by atoms with van der Waals surface area (Å²) in [5.41, 5.74) is 1.45. The van der Waals surface area contributed by atoms with Crippen molar-refractivity contribution >= 4 is 11.8 Å². The number of furan rings is 1. The SMILES string of the molecule is O=C(NC[C@H]1CCOC1)c1ccc(-c2ccc(C(=O)N3CCCC3)o2)cc1. The van der Waals surface area contributed by atoms with E-state index >= 15 is 0 Å². The highest BCUT2D eigenvalue weighted by molar-refractivity contribution is 5.95. The molecule has 0 saturated carbocycles. The normalized spacial score (nSPS) is 19.4. The lowest BCUT2D eigenvalue weighted by Gasteiger charge is -2.12. The van der Waals surface area contributed by atoms with Crippen LogP contribution in [-0.4, -0.2) is 49.6 Å². The average Bonchev–Trinajstić information content (AvgIpc) is 3.48. The van der Waals surface area contributed by atoms with Crippen LogP contribution < -0.4 is 5.32 Å². The van der Waals surface area contributed by atoms with Gasteiger partial charge in [0.25, 0.3) is 11.8 Å². The van der Waals surface area contributed by atoms with Gasteiger partial charge in [-0.2, -0.15) is 0 Å². The summed E-state index contributed by atoms with van der Waals surface area (Å²) in [6, 6.07) is 10.8. The maximum Gasteiger partial charge on any atom is 0.289 e. The van der Waals surface area contributed by atoms with Gasteiger partial charge in [0.1, 0.15) is 5.76 Å². The van der Waals surface area contributed by atoms with Gasteiger partial charge in [0.2, 0.25) is 0 Å². The van der Waals surface area contributed by atoms with Gasteiger partial charge in [-0.1, -0.05) is 12.1 Å². The third kappa shape index (κ3) is 4.06. The number of nitrogens with one attached hydrogen (secondary N) is 1. The first kappa shape index (κ1) is 17.8. The number of nitrogens with zero attached hydrogens (tertiary/aromatic N) is 1. The third-order valence-electron chi connectivity index (χ3n) is 5.22. The van der Waals surface area contributed by atoms with Crippen LogP contribution in [0, 0.1) is 5.92 Å². The highest BCUT2D eigenvalue weighted by atomic mass is 16.5. The van der Waals surface area contributed by atoms with E-state index in [0.717, 1.165) is 51.1 Å². The number of benzene rings is 1. The molecule has 2 aliphatic heterocycles. The number of hydrogen-bond donors (Lipinski definition) is 1. The highest BCUT2D eigenvalue weighted by Gasteiger charge is 2.22. The average molecular weight is 368 g/mol. The van der Waals surface area contributed by atoms with Gasteiger partial charge in [0.05, 0.1) is 6.61 Å². The van der Waals surface area contributed by atoms with Gasteiger partial charge in [-0.3, -0.25) is 9.59 Å². The Morgan fingerprint density at radius 3 is 2.56 bits per heavy atom. The molecule has 0 spiro atoms. The predicted molar refractivity (Wildman–Crippen MR) is 101 cm³/mol. The quantitative estimate of drug-likeness (QED) is 0.881. The second-order valence-corrected chi connectivity index (χ2v) is 7.18. The number of carbonyl (C=O) groups excluding carboxylic acids is 2. The monoisotopic (exact) mass is 368 g/mol. The van der Waals surface area contributed by atoms with Gasteiger partial charge in [-0.25, -0.2) is 0 Å². The van der Waals surface area contributed by atoms with Crippen molar-refractivity contribution in [3.63, 3.8) is 0 Å². The molecule has 0 bridgehead atoms. The summed E-state index contributed by atoms with van der Waals surface area (Å²) in [6.07, 6.45) is 3.10. The van der Waals surface area contributed by atoms with Gasteiger partial charge < -0.3 is 19.4 Å². The van der Waals surface area contributed by atoms with E-state index in [1.165, 1.54) is 0 Å². The predicted octanol–water partition coefficient (Wildman–Crippen LogP) is 2.95. The first-order valence-electron chi connectivity index (χ1n) is 9.56. The molecule has 4 rings (SSSR count). The molecule has 1 atom stereocenters. The molecule has 6 nitrogen and oxygen atoms in total. The Kier molecular flexibility index (Phi) is 5.25. The van der Waals surface area contributed by atoms with Crippen LogP contribution in [0.5, 0.6) is 0 Å². The summed E-state index contributed by atoms with van der Waals surface area (Å²) < 4.78 is 11.1. The van der Waals surface area contributed by atoms with Crippen LogP contribution in [0.2, 0.25) is 0 Å². The fourth-order valence-corrected chi connectivity index (χ4v) is 3.55. The van der Waals surface area contributed by atoms with Crippen molar-refractivity contribution < 1.29 is 18.7 Å². The van der Waals surface area contributed by atoms with Crippen LogP contribution in [0.1, 0.15) is 40.2 Å². The summed E-state index contributed by atoms with van der Waals surface area (Å²) in [5.74, 6) is 1.27. The van der Waals surface area contributed by atoms with Gasteiger partial charge in [0.15, 0.2) is 5.76 Å². The maximum absolute atomic E-state index is 12.4. The molecule has 2 aliphatic rings. The van der Waals surface area contributed by atoms with E-state index < -0.39 is 0 Å². The number of likely N-dealkylation sites (tertiary alicyclic amines) is 1. The van der Waals surface area contributed by atoms with Crippen LogP contribution in [-0.2, 0) is 4.74 Å². The van der Waals surface area contributed by atoms with Crippen molar-refractivity contribution in [2.24, 2.45) is 5.92 Å². The molecule has 0 aliphatic carbocycles. The van der Waals surface area contributed by atoms with Crippen LogP contribution in [0.25, 0.3) is 11.3 Å². The van der Waals surface area contributed by atoms with Crippen molar-refractivity contribution in [1.29, 1.82) is 0 Å². The summed E-state index contributed by atoms with van der Waals surface area (Å²) in [5, 5.41) is 2.96. The molecule has 0 radical (unpaired) electrons. The molecule has 1 aromatic carbocycles. The second-order valence-electron chi connectivity index (χ2n) is 7.18. The van der Waals surface area contributed by atoms with Gasteiger partial charge in [-0.05, 0) is 43.5 Å². The van der Waals surface area contributed by atoms with E-state index in [0.29, 0.717) is 29.5 Å². The minimum absolute atomic E-state index is 0.0503. The number of rotatable bonds is 5. The Balaban J connectivity index is 1.38. The minimum atomic E-state index is -0.0854. The zero-order valence-electron chi connectivity index (χ0n) is 15.3. The zero-order chi connectivity index (χ0) is 18.6. The minimum Gasteiger partial charge on any atom is -0.451 e. The van der Waals surface area contributed by atoms with Crippen molar-refractivity contribution in [2.45, 2.75) is 19.3 Å². The van der Waals surface area contributed by atoms with Gasteiger partial charge in [0, 0.05) is 43.3 Å². The van der Waals surface area contributed by atoms with Crippen LogP contribution in [0.4, 0.5) is 0 Å². The van der Waals surface area contributed by atoms with E-state index in [1.807, 2.05) is 17.0 Å². The first-order valence-corrected chi connectivity index (χ1v) is 9.56. The Hall–Kier alpha value is -2.60.